The summed E-state index contributed by atoms with van der Waals surface area (Å²) in [5.74, 6) is -0.289. The highest BCUT2D eigenvalue weighted by Gasteiger charge is 2.32. The van der Waals surface area contributed by atoms with E-state index in [1.54, 1.807) is 13.0 Å². The number of amides is 3. The van der Waals surface area contributed by atoms with Gasteiger partial charge in [0, 0.05) is 24.1 Å². The number of hydrogen-bond donors (Lipinski definition) is 1. The topological polar surface area (TPSA) is 54.3 Å². The molecule has 0 spiro atoms. The lowest BCUT2D eigenvalue weighted by Gasteiger charge is -2.07. The van der Waals surface area contributed by atoms with E-state index in [2.05, 4.69) is 5.32 Å². The summed E-state index contributed by atoms with van der Waals surface area (Å²) in [6, 6.07) is 13.2. The van der Waals surface area contributed by atoms with Gasteiger partial charge in [-0.25, -0.2) is 4.79 Å². The van der Waals surface area contributed by atoms with E-state index >= 15 is 0 Å². The Balaban J connectivity index is 1.97. The van der Waals surface area contributed by atoms with E-state index < -0.39 is 0 Å². The lowest BCUT2D eigenvalue weighted by Crippen LogP contribution is -2.30. The van der Waals surface area contributed by atoms with Crippen LogP contribution in [0.3, 0.4) is 0 Å². The molecule has 1 aromatic carbocycles. The van der Waals surface area contributed by atoms with Crippen molar-refractivity contribution in [1.29, 1.82) is 0 Å². The highest BCUT2D eigenvalue weighted by molar-refractivity contribution is 6.13. The molecule has 2 heterocycles. The summed E-state index contributed by atoms with van der Waals surface area (Å²) in [4.78, 5) is 24.9. The zero-order valence-corrected chi connectivity index (χ0v) is 11.6. The fraction of sp³-hybridized carbons (Fsp3) is 0.125. The SMILES string of the molecule is CCN1C(=O)NC(=Cc2cccn2-c2ccccc2)C1=O. The van der Waals surface area contributed by atoms with E-state index in [9.17, 15) is 9.59 Å². The fourth-order valence-corrected chi connectivity index (χ4v) is 2.34. The molecule has 5 heteroatoms. The van der Waals surface area contributed by atoms with E-state index in [0.717, 1.165) is 11.4 Å². The first-order valence-electron chi connectivity index (χ1n) is 6.78. The molecule has 1 aliphatic heterocycles. The second-order valence-corrected chi connectivity index (χ2v) is 4.68. The number of urea groups is 1. The van der Waals surface area contributed by atoms with Crippen LogP contribution >= 0.6 is 0 Å². The molecule has 1 N–H and O–H groups in total. The van der Waals surface area contributed by atoms with Gasteiger partial charge >= 0.3 is 6.03 Å². The lowest BCUT2D eigenvalue weighted by atomic mass is 10.3. The second kappa shape index (κ2) is 5.28. The third-order valence-electron chi connectivity index (χ3n) is 3.39. The van der Waals surface area contributed by atoms with Crippen molar-refractivity contribution in [1.82, 2.24) is 14.8 Å². The number of imide groups is 1. The van der Waals surface area contributed by atoms with Gasteiger partial charge in [0.2, 0.25) is 0 Å². The Hall–Kier alpha value is -2.82. The van der Waals surface area contributed by atoms with Crippen LogP contribution in [0, 0.1) is 0 Å². The van der Waals surface area contributed by atoms with E-state index in [4.69, 9.17) is 0 Å². The number of carbonyl (C=O) groups is 2. The van der Waals surface area contributed by atoms with Crippen LogP contribution in [-0.4, -0.2) is 28.0 Å². The average molecular weight is 281 g/mol. The van der Waals surface area contributed by atoms with Crippen LogP contribution in [0.15, 0.2) is 54.4 Å². The monoisotopic (exact) mass is 281 g/mol. The predicted molar refractivity (Wildman–Crippen MR) is 79.7 cm³/mol. The van der Waals surface area contributed by atoms with E-state index in [0.29, 0.717) is 12.2 Å². The molecule has 0 unspecified atom stereocenters. The first-order valence-corrected chi connectivity index (χ1v) is 6.78. The minimum atomic E-state index is -0.369. The van der Waals surface area contributed by atoms with Crippen molar-refractivity contribution in [2.24, 2.45) is 0 Å². The molecular weight excluding hydrogens is 266 g/mol. The van der Waals surface area contributed by atoms with Crippen molar-refractivity contribution < 1.29 is 9.59 Å². The van der Waals surface area contributed by atoms with Crippen molar-refractivity contribution in [3.63, 3.8) is 0 Å². The van der Waals surface area contributed by atoms with Crippen molar-refractivity contribution in [2.75, 3.05) is 6.54 Å². The van der Waals surface area contributed by atoms with Gasteiger partial charge in [-0.05, 0) is 37.3 Å². The molecule has 21 heavy (non-hydrogen) atoms. The maximum Gasteiger partial charge on any atom is 0.328 e. The standard InChI is InChI=1S/C16H15N3O2/c1-2-18-15(20)14(17-16(18)21)11-13-9-6-10-19(13)12-7-4-3-5-8-12/h3-11H,2H2,1H3,(H,17,21). The Morgan fingerprint density at radius 1 is 1.10 bits per heavy atom. The summed E-state index contributed by atoms with van der Waals surface area (Å²) in [6.45, 7) is 2.13. The molecular formula is C16H15N3O2. The summed E-state index contributed by atoms with van der Waals surface area (Å²) in [5, 5.41) is 2.61. The molecule has 2 aromatic rings. The van der Waals surface area contributed by atoms with Gasteiger partial charge < -0.3 is 9.88 Å². The number of carbonyl (C=O) groups excluding carboxylic acids is 2. The molecule has 3 amide bonds. The summed E-state index contributed by atoms with van der Waals surface area (Å²) in [6.07, 6.45) is 3.61. The van der Waals surface area contributed by atoms with Gasteiger partial charge in [-0.2, -0.15) is 0 Å². The zero-order chi connectivity index (χ0) is 14.8. The lowest BCUT2D eigenvalue weighted by molar-refractivity contribution is -0.122. The largest absolute Gasteiger partial charge is 0.328 e. The number of likely N-dealkylation sites (N-methyl/N-ethyl adjacent to an activating group) is 1. The number of nitrogens with one attached hydrogen (secondary N) is 1. The Bertz CT molecular complexity index is 716. The van der Waals surface area contributed by atoms with Crippen LogP contribution in [0.1, 0.15) is 12.6 Å². The quantitative estimate of drug-likeness (QED) is 0.693. The number of rotatable bonds is 3. The van der Waals surface area contributed by atoms with Gasteiger partial charge in [-0.3, -0.25) is 9.69 Å². The molecule has 0 saturated carbocycles. The molecule has 1 saturated heterocycles. The Kier molecular flexibility index (Phi) is 3.31. The summed E-state index contributed by atoms with van der Waals surface area (Å²) < 4.78 is 1.96. The van der Waals surface area contributed by atoms with Crippen LogP contribution in [0.4, 0.5) is 4.79 Å². The molecule has 1 fully saturated rings. The van der Waals surface area contributed by atoms with E-state index in [-0.39, 0.29) is 11.9 Å². The normalized spacial score (nSPS) is 16.6. The van der Waals surface area contributed by atoms with E-state index in [1.165, 1.54) is 4.90 Å². The predicted octanol–water partition coefficient (Wildman–Crippen LogP) is 2.39. The maximum absolute atomic E-state index is 12.1. The van der Waals surface area contributed by atoms with Crippen LogP contribution in [-0.2, 0) is 4.79 Å². The molecule has 1 aliphatic rings. The molecule has 3 rings (SSSR count). The van der Waals surface area contributed by atoms with E-state index in [1.807, 2.05) is 53.2 Å². The fourth-order valence-electron chi connectivity index (χ4n) is 2.34. The summed E-state index contributed by atoms with van der Waals surface area (Å²) >= 11 is 0. The first kappa shape index (κ1) is 13.2. The van der Waals surface area contributed by atoms with Gasteiger partial charge in [0.15, 0.2) is 0 Å². The van der Waals surface area contributed by atoms with Crippen LogP contribution in [0.2, 0.25) is 0 Å². The Labute approximate surface area is 122 Å². The first-order chi connectivity index (χ1) is 10.2. The van der Waals surface area contributed by atoms with Gasteiger partial charge in [0.05, 0.1) is 0 Å². The van der Waals surface area contributed by atoms with Crippen LogP contribution < -0.4 is 5.32 Å². The number of nitrogens with zero attached hydrogens (tertiary/aromatic N) is 2. The molecule has 0 atom stereocenters. The third kappa shape index (κ3) is 2.33. The van der Waals surface area contributed by atoms with Crippen molar-refractivity contribution >= 4 is 18.0 Å². The second-order valence-electron chi connectivity index (χ2n) is 4.68. The van der Waals surface area contributed by atoms with Gasteiger partial charge in [0.25, 0.3) is 5.91 Å². The smallest absolute Gasteiger partial charge is 0.317 e. The summed E-state index contributed by atoms with van der Waals surface area (Å²) in [7, 11) is 0. The van der Waals surface area contributed by atoms with Gasteiger partial charge in [-0.15, -0.1) is 0 Å². The van der Waals surface area contributed by atoms with Crippen molar-refractivity contribution in [3.05, 3.63) is 60.1 Å². The minimum absolute atomic E-state index is 0.289. The highest BCUT2D eigenvalue weighted by Crippen LogP contribution is 2.17. The number of hydrogen-bond acceptors (Lipinski definition) is 2. The Morgan fingerprint density at radius 3 is 2.52 bits per heavy atom. The molecule has 106 valence electrons. The molecule has 0 radical (unpaired) electrons. The molecule has 0 bridgehead atoms. The summed E-state index contributed by atoms with van der Waals surface area (Å²) in [5.41, 5.74) is 2.14. The van der Waals surface area contributed by atoms with Crippen molar-refractivity contribution in [2.45, 2.75) is 6.92 Å². The average Bonchev–Trinajstić information content (AvgIpc) is 3.06. The molecule has 5 nitrogen and oxygen atoms in total. The molecule has 0 aliphatic carbocycles. The highest BCUT2D eigenvalue weighted by atomic mass is 16.2. The van der Waals surface area contributed by atoms with Gasteiger partial charge in [-0.1, -0.05) is 18.2 Å². The third-order valence-corrected chi connectivity index (χ3v) is 3.39. The number of para-hydroxylation sites is 1. The van der Waals surface area contributed by atoms with Crippen molar-refractivity contribution in [3.8, 4) is 5.69 Å². The maximum atomic E-state index is 12.1. The molecule has 1 aromatic heterocycles. The Morgan fingerprint density at radius 2 is 1.86 bits per heavy atom. The van der Waals surface area contributed by atoms with Crippen LogP contribution in [0.25, 0.3) is 11.8 Å². The minimum Gasteiger partial charge on any atom is -0.317 e. The zero-order valence-electron chi connectivity index (χ0n) is 11.6. The number of benzene rings is 1. The van der Waals surface area contributed by atoms with Gasteiger partial charge in [0.1, 0.15) is 5.70 Å². The number of aromatic nitrogens is 1. The van der Waals surface area contributed by atoms with Crippen LogP contribution in [0.5, 0.6) is 0 Å².